The number of carbonyl (C=O) groups excluding carboxylic acids is 2. The van der Waals surface area contributed by atoms with Gasteiger partial charge in [0.15, 0.2) is 0 Å². The van der Waals surface area contributed by atoms with Gasteiger partial charge in [0.05, 0.1) is 5.92 Å². The van der Waals surface area contributed by atoms with Gasteiger partial charge >= 0.3 is 0 Å². The van der Waals surface area contributed by atoms with Crippen LogP contribution in [-0.2, 0) is 22.6 Å². The van der Waals surface area contributed by atoms with Crippen LogP contribution in [0.15, 0.2) is 73.1 Å². The van der Waals surface area contributed by atoms with E-state index in [0.717, 1.165) is 11.1 Å². The lowest BCUT2D eigenvalue weighted by atomic mass is 9.95. The van der Waals surface area contributed by atoms with E-state index < -0.39 is 0 Å². The van der Waals surface area contributed by atoms with Crippen molar-refractivity contribution in [1.82, 2.24) is 19.6 Å². The molecule has 6 heteroatoms. The summed E-state index contributed by atoms with van der Waals surface area (Å²) in [6, 6.07) is 20.4. The maximum absolute atomic E-state index is 13.1. The molecule has 2 amide bonds. The van der Waals surface area contributed by atoms with Gasteiger partial charge in [0.1, 0.15) is 6.54 Å². The van der Waals surface area contributed by atoms with E-state index in [1.165, 1.54) is 5.56 Å². The number of rotatable bonds is 6. The van der Waals surface area contributed by atoms with E-state index in [4.69, 9.17) is 0 Å². The molecule has 0 radical (unpaired) electrons. The average Bonchev–Trinajstić information content (AvgIpc) is 3.26. The topological polar surface area (TPSA) is 58.4 Å². The van der Waals surface area contributed by atoms with E-state index in [9.17, 15) is 9.59 Å². The summed E-state index contributed by atoms with van der Waals surface area (Å²) in [4.78, 5) is 29.7. The number of nitrogens with zero attached hydrogens (tertiary/aromatic N) is 4. The maximum Gasteiger partial charge on any atom is 0.244 e. The van der Waals surface area contributed by atoms with Gasteiger partial charge < -0.3 is 9.80 Å². The average molecular weight is 417 g/mol. The van der Waals surface area contributed by atoms with Gasteiger partial charge in [-0.3, -0.25) is 14.3 Å². The maximum atomic E-state index is 13.1. The van der Waals surface area contributed by atoms with E-state index in [1.807, 2.05) is 34.9 Å². The van der Waals surface area contributed by atoms with E-state index in [2.05, 4.69) is 41.5 Å². The first-order chi connectivity index (χ1) is 15.1. The minimum Gasteiger partial charge on any atom is -0.341 e. The summed E-state index contributed by atoms with van der Waals surface area (Å²) < 4.78 is 1.63. The Morgan fingerprint density at radius 3 is 2.42 bits per heavy atom. The Morgan fingerprint density at radius 2 is 1.74 bits per heavy atom. The summed E-state index contributed by atoms with van der Waals surface area (Å²) >= 11 is 0. The van der Waals surface area contributed by atoms with Crippen LogP contribution in [-0.4, -0.2) is 57.6 Å². The fourth-order valence-electron chi connectivity index (χ4n) is 4.12. The Balaban J connectivity index is 1.48. The predicted octanol–water partition coefficient (Wildman–Crippen LogP) is 3.10. The van der Waals surface area contributed by atoms with Crippen LogP contribution in [0.25, 0.3) is 11.1 Å². The molecular weight excluding hydrogens is 388 g/mol. The van der Waals surface area contributed by atoms with E-state index >= 15 is 0 Å². The van der Waals surface area contributed by atoms with Crippen LogP contribution >= 0.6 is 0 Å². The molecule has 160 valence electrons. The molecule has 0 aliphatic carbocycles. The van der Waals surface area contributed by atoms with Gasteiger partial charge in [0.25, 0.3) is 0 Å². The third-order valence-corrected chi connectivity index (χ3v) is 5.88. The summed E-state index contributed by atoms with van der Waals surface area (Å²) in [6.07, 6.45) is 4.07. The highest BCUT2D eigenvalue weighted by atomic mass is 16.2. The normalized spacial score (nSPS) is 16.9. The summed E-state index contributed by atoms with van der Waals surface area (Å²) in [7, 11) is 0. The van der Waals surface area contributed by atoms with Crippen molar-refractivity contribution in [1.29, 1.82) is 0 Å². The number of benzene rings is 2. The third-order valence-electron chi connectivity index (χ3n) is 5.88. The van der Waals surface area contributed by atoms with Gasteiger partial charge in [-0.15, -0.1) is 0 Å². The molecule has 31 heavy (non-hydrogen) atoms. The van der Waals surface area contributed by atoms with Gasteiger partial charge in [-0.1, -0.05) is 54.6 Å². The fraction of sp³-hybridized carbons (Fsp3) is 0.320. The Labute approximate surface area is 183 Å². The number of carbonyl (C=O) groups is 2. The highest BCUT2D eigenvalue weighted by Gasteiger charge is 2.31. The molecule has 6 nitrogen and oxygen atoms in total. The first-order valence-electron chi connectivity index (χ1n) is 10.8. The summed E-state index contributed by atoms with van der Waals surface area (Å²) in [5.41, 5.74) is 3.44. The molecule has 1 fully saturated rings. The number of likely N-dealkylation sites (N-methyl/N-ethyl adjacent to an activating group) is 1. The first-order valence-corrected chi connectivity index (χ1v) is 10.8. The highest BCUT2D eigenvalue weighted by molar-refractivity contribution is 5.82. The summed E-state index contributed by atoms with van der Waals surface area (Å²) in [5, 5.41) is 4.13. The molecule has 1 unspecified atom stereocenters. The first kappa shape index (κ1) is 20.8. The molecule has 2 aromatic carbocycles. The van der Waals surface area contributed by atoms with Crippen LogP contribution in [0.5, 0.6) is 0 Å². The number of amides is 2. The standard InChI is InChI=1S/C25H28N4O2/c1-2-27-15-16-28(24(30)19-29-14-6-13-26-29)18-23(25(27)31)17-20-9-11-22(12-10-20)21-7-4-3-5-8-21/h3-14,23H,2,15-19H2,1H3. The van der Waals surface area contributed by atoms with Gasteiger partial charge in [0.2, 0.25) is 11.8 Å². The van der Waals surface area contributed by atoms with Crippen molar-refractivity contribution < 1.29 is 9.59 Å². The SMILES string of the molecule is CCN1CCN(C(=O)Cn2cccn2)CC(Cc2ccc(-c3ccccc3)cc2)C1=O. The quantitative estimate of drug-likeness (QED) is 0.620. The van der Waals surface area contributed by atoms with Gasteiger partial charge in [-0.2, -0.15) is 5.10 Å². The monoisotopic (exact) mass is 416 g/mol. The van der Waals surface area contributed by atoms with Crippen LogP contribution in [0, 0.1) is 5.92 Å². The smallest absolute Gasteiger partial charge is 0.244 e. The molecule has 1 atom stereocenters. The van der Waals surface area contributed by atoms with Gasteiger partial charge in [0, 0.05) is 38.6 Å². The van der Waals surface area contributed by atoms with Crippen molar-refractivity contribution in [3.63, 3.8) is 0 Å². The molecule has 0 spiro atoms. The lowest BCUT2D eigenvalue weighted by Crippen LogP contribution is -2.39. The summed E-state index contributed by atoms with van der Waals surface area (Å²) in [6.45, 7) is 4.42. The van der Waals surface area contributed by atoms with E-state index in [0.29, 0.717) is 32.6 Å². The second-order valence-electron chi connectivity index (χ2n) is 7.93. The Hall–Kier alpha value is -3.41. The van der Waals surface area contributed by atoms with Gasteiger partial charge in [-0.05, 0) is 36.1 Å². The van der Waals surface area contributed by atoms with Crippen LogP contribution in [0.1, 0.15) is 12.5 Å². The minimum absolute atomic E-state index is 0.00104. The molecule has 1 aromatic heterocycles. The largest absolute Gasteiger partial charge is 0.341 e. The molecule has 0 bridgehead atoms. The van der Waals surface area contributed by atoms with Crippen molar-refractivity contribution in [2.75, 3.05) is 26.2 Å². The molecule has 1 aliphatic rings. The lowest BCUT2D eigenvalue weighted by molar-refractivity contribution is -0.135. The molecule has 2 heterocycles. The lowest BCUT2D eigenvalue weighted by Gasteiger charge is -2.23. The van der Waals surface area contributed by atoms with Crippen molar-refractivity contribution >= 4 is 11.8 Å². The zero-order chi connectivity index (χ0) is 21.6. The van der Waals surface area contributed by atoms with E-state index in [-0.39, 0.29) is 24.3 Å². The molecule has 0 saturated carbocycles. The van der Waals surface area contributed by atoms with Crippen LogP contribution in [0.3, 0.4) is 0 Å². The van der Waals surface area contributed by atoms with Crippen LogP contribution in [0.2, 0.25) is 0 Å². The van der Waals surface area contributed by atoms with Crippen molar-refractivity contribution in [2.45, 2.75) is 19.9 Å². The molecular formula is C25H28N4O2. The number of hydrogen-bond acceptors (Lipinski definition) is 3. The van der Waals surface area contributed by atoms with Crippen LogP contribution < -0.4 is 0 Å². The van der Waals surface area contributed by atoms with E-state index in [1.54, 1.807) is 23.1 Å². The zero-order valence-electron chi connectivity index (χ0n) is 17.9. The van der Waals surface area contributed by atoms with Gasteiger partial charge in [-0.25, -0.2) is 0 Å². The molecule has 4 rings (SSSR count). The number of hydrogen-bond donors (Lipinski definition) is 0. The highest BCUT2D eigenvalue weighted by Crippen LogP contribution is 2.22. The van der Waals surface area contributed by atoms with Crippen molar-refractivity contribution in [3.05, 3.63) is 78.6 Å². The number of aromatic nitrogens is 2. The Bertz CT molecular complexity index is 1000. The molecule has 1 aliphatic heterocycles. The Kier molecular flexibility index (Phi) is 6.46. The second kappa shape index (κ2) is 9.60. The molecule has 0 N–H and O–H groups in total. The molecule has 3 aromatic rings. The Morgan fingerprint density at radius 1 is 1.00 bits per heavy atom. The third kappa shape index (κ3) is 5.02. The summed E-state index contributed by atoms with van der Waals surface area (Å²) in [5.74, 6) is -0.116. The van der Waals surface area contributed by atoms with Crippen molar-refractivity contribution in [2.24, 2.45) is 5.92 Å². The fourth-order valence-corrected chi connectivity index (χ4v) is 4.12. The zero-order valence-corrected chi connectivity index (χ0v) is 17.9. The molecule has 1 saturated heterocycles. The van der Waals surface area contributed by atoms with Crippen molar-refractivity contribution in [3.8, 4) is 11.1 Å². The predicted molar refractivity (Wildman–Crippen MR) is 120 cm³/mol. The van der Waals surface area contributed by atoms with Crippen LogP contribution in [0.4, 0.5) is 0 Å². The minimum atomic E-state index is -0.244. The second-order valence-corrected chi connectivity index (χ2v) is 7.93.